The molecule has 3 N–H and O–H groups in total. The molecule has 0 aromatic heterocycles. The van der Waals surface area contributed by atoms with Crippen molar-refractivity contribution in [2.45, 2.75) is 18.3 Å². The minimum Gasteiger partial charge on any atom is -0.465 e. The van der Waals surface area contributed by atoms with Crippen molar-refractivity contribution in [3.8, 4) is 5.75 Å². The van der Waals surface area contributed by atoms with Gasteiger partial charge in [0.25, 0.3) is 0 Å². The third kappa shape index (κ3) is 3.32. The summed E-state index contributed by atoms with van der Waals surface area (Å²) in [4.78, 5) is 12.0. The maximum absolute atomic E-state index is 12.2. The largest absolute Gasteiger partial charge is 0.573 e. The van der Waals surface area contributed by atoms with Crippen molar-refractivity contribution >= 4 is 6.09 Å². The number of hydrogen-bond acceptors (Lipinski definition) is 3. The summed E-state index contributed by atoms with van der Waals surface area (Å²) in [6.07, 6.45) is -5.85. The zero-order valence-electron chi connectivity index (χ0n) is 10.3. The highest BCUT2D eigenvalue weighted by Gasteiger charge is 2.35. The first-order chi connectivity index (χ1) is 9.26. The predicted molar refractivity (Wildman–Crippen MR) is 63.4 cm³/mol. The summed E-state index contributed by atoms with van der Waals surface area (Å²) in [5.41, 5.74) is 6.38. The van der Waals surface area contributed by atoms with Gasteiger partial charge in [-0.1, -0.05) is 12.1 Å². The molecular formula is C12H13F3N2O3. The molecule has 2 atom stereocenters. The monoisotopic (exact) mass is 290 g/mol. The molecule has 1 heterocycles. The number of carboxylic acid groups (broad SMARTS) is 1. The Morgan fingerprint density at radius 3 is 2.65 bits per heavy atom. The average Bonchev–Trinajstić information content (AvgIpc) is 2.69. The molecule has 1 aliphatic heterocycles. The van der Waals surface area contributed by atoms with Crippen molar-refractivity contribution in [3.05, 3.63) is 29.8 Å². The van der Waals surface area contributed by atoms with E-state index >= 15 is 0 Å². The van der Waals surface area contributed by atoms with E-state index in [1.807, 2.05) is 0 Å². The number of carbonyl (C=O) groups is 1. The van der Waals surface area contributed by atoms with Crippen LogP contribution in [0.15, 0.2) is 24.3 Å². The Kier molecular flexibility index (Phi) is 3.76. The SMILES string of the molecule is NC1CN(C(=O)O)CC1c1cccc(OC(F)(F)F)c1. The molecule has 1 fully saturated rings. The lowest BCUT2D eigenvalue weighted by molar-refractivity contribution is -0.274. The molecule has 0 aliphatic carbocycles. The molecule has 1 aromatic rings. The first-order valence-corrected chi connectivity index (χ1v) is 5.85. The molecule has 1 aromatic carbocycles. The number of alkyl halides is 3. The molecule has 0 saturated carbocycles. The first kappa shape index (κ1) is 14.4. The van der Waals surface area contributed by atoms with Crippen LogP contribution in [0.5, 0.6) is 5.75 Å². The molecule has 5 nitrogen and oxygen atoms in total. The summed E-state index contributed by atoms with van der Waals surface area (Å²) >= 11 is 0. The van der Waals surface area contributed by atoms with Gasteiger partial charge in [0.1, 0.15) is 5.75 Å². The summed E-state index contributed by atoms with van der Waals surface area (Å²) in [7, 11) is 0. The zero-order valence-corrected chi connectivity index (χ0v) is 10.3. The molecule has 8 heteroatoms. The molecule has 20 heavy (non-hydrogen) atoms. The standard InChI is InChI=1S/C12H13F3N2O3/c13-12(14,15)20-8-3-1-2-7(4-8)9-5-17(11(18)19)6-10(9)16/h1-4,9-10H,5-6,16H2,(H,18,19). The second-order valence-corrected chi connectivity index (χ2v) is 4.58. The van der Waals surface area contributed by atoms with Gasteiger partial charge < -0.3 is 20.5 Å². The number of likely N-dealkylation sites (tertiary alicyclic amines) is 1. The summed E-state index contributed by atoms with van der Waals surface area (Å²) < 4.78 is 40.3. The Labute approximate surface area is 112 Å². The Bertz CT molecular complexity index is 507. The van der Waals surface area contributed by atoms with Gasteiger partial charge in [0.2, 0.25) is 0 Å². The lowest BCUT2D eigenvalue weighted by atomic mass is 9.95. The van der Waals surface area contributed by atoms with E-state index in [4.69, 9.17) is 10.8 Å². The van der Waals surface area contributed by atoms with E-state index in [9.17, 15) is 18.0 Å². The highest BCUT2D eigenvalue weighted by molar-refractivity contribution is 5.65. The van der Waals surface area contributed by atoms with E-state index < -0.39 is 18.5 Å². The Balaban J connectivity index is 2.17. The van der Waals surface area contributed by atoms with Gasteiger partial charge in [-0.2, -0.15) is 0 Å². The molecule has 0 bridgehead atoms. The highest BCUT2D eigenvalue weighted by atomic mass is 19.4. The van der Waals surface area contributed by atoms with Gasteiger partial charge in [0, 0.05) is 25.0 Å². The lowest BCUT2D eigenvalue weighted by Gasteiger charge is -2.16. The summed E-state index contributed by atoms with van der Waals surface area (Å²) in [6, 6.07) is 5.01. The Morgan fingerprint density at radius 1 is 1.40 bits per heavy atom. The second kappa shape index (κ2) is 5.20. The van der Waals surface area contributed by atoms with Crippen LogP contribution in [0.1, 0.15) is 11.5 Å². The summed E-state index contributed by atoms with van der Waals surface area (Å²) in [5.74, 6) is -0.682. The van der Waals surface area contributed by atoms with Crippen molar-refractivity contribution < 1.29 is 27.8 Å². The number of benzene rings is 1. The third-order valence-corrected chi connectivity index (χ3v) is 3.16. The molecule has 1 aliphatic rings. The van der Waals surface area contributed by atoms with Crippen LogP contribution < -0.4 is 10.5 Å². The number of rotatable bonds is 2. The number of halogens is 3. The topological polar surface area (TPSA) is 75.8 Å². The fourth-order valence-electron chi connectivity index (χ4n) is 2.28. The minimum absolute atomic E-state index is 0.157. The van der Waals surface area contributed by atoms with Gasteiger partial charge in [0.15, 0.2) is 0 Å². The lowest BCUT2D eigenvalue weighted by Crippen LogP contribution is -2.31. The van der Waals surface area contributed by atoms with Gasteiger partial charge in [-0.15, -0.1) is 13.2 Å². The van der Waals surface area contributed by atoms with Crippen molar-refractivity contribution in [2.24, 2.45) is 5.73 Å². The van der Waals surface area contributed by atoms with E-state index in [1.165, 1.54) is 18.2 Å². The highest BCUT2D eigenvalue weighted by Crippen LogP contribution is 2.30. The van der Waals surface area contributed by atoms with E-state index in [2.05, 4.69) is 4.74 Å². The van der Waals surface area contributed by atoms with Crippen LogP contribution >= 0.6 is 0 Å². The normalized spacial score (nSPS) is 22.9. The van der Waals surface area contributed by atoms with Crippen LogP contribution in [0.3, 0.4) is 0 Å². The molecular weight excluding hydrogens is 277 g/mol. The summed E-state index contributed by atoms with van der Waals surface area (Å²) in [5, 5.41) is 8.90. The van der Waals surface area contributed by atoms with Gasteiger partial charge in [-0.05, 0) is 17.7 Å². The third-order valence-electron chi connectivity index (χ3n) is 3.16. The number of amides is 1. The Hall–Kier alpha value is -1.96. The van der Waals surface area contributed by atoms with Crippen LogP contribution in [0.4, 0.5) is 18.0 Å². The van der Waals surface area contributed by atoms with Gasteiger partial charge in [0.05, 0.1) is 0 Å². The first-order valence-electron chi connectivity index (χ1n) is 5.85. The molecule has 1 amide bonds. The molecule has 2 rings (SSSR count). The number of hydrogen-bond donors (Lipinski definition) is 2. The fraction of sp³-hybridized carbons (Fsp3) is 0.417. The quantitative estimate of drug-likeness (QED) is 0.873. The predicted octanol–water partition coefficient (Wildman–Crippen LogP) is 1.99. The molecule has 110 valence electrons. The number of nitrogens with zero attached hydrogens (tertiary/aromatic N) is 1. The minimum atomic E-state index is -4.76. The van der Waals surface area contributed by atoms with Crippen molar-refractivity contribution in [1.29, 1.82) is 0 Å². The van der Waals surface area contributed by atoms with Gasteiger partial charge in [-0.3, -0.25) is 0 Å². The van der Waals surface area contributed by atoms with E-state index in [0.717, 1.165) is 4.90 Å². The zero-order chi connectivity index (χ0) is 14.9. The van der Waals surface area contributed by atoms with Gasteiger partial charge >= 0.3 is 12.5 Å². The molecule has 0 spiro atoms. The van der Waals surface area contributed by atoms with Crippen molar-refractivity contribution in [1.82, 2.24) is 4.90 Å². The van der Waals surface area contributed by atoms with Crippen LogP contribution in [0.2, 0.25) is 0 Å². The molecule has 1 saturated heterocycles. The van der Waals surface area contributed by atoms with Crippen LogP contribution in [-0.2, 0) is 0 Å². The molecule has 0 radical (unpaired) electrons. The number of ether oxygens (including phenoxy) is 1. The van der Waals surface area contributed by atoms with E-state index in [0.29, 0.717) is 5.56 Å². The fourth-order valence-corrected chi connectivity index (χ4v) is 2.28. The summed E-state index contributed by atoms with van der Waals surface area (Å²) in [6.45, 7) is 0.316. The van der Waals surface area contributed by atoms with E-state index in [1.54, 1.807) is 6.07 Å². The van der Waals surface area contributed by atoms with Crippen molar-refractivity contribution in [2.75, 3.05) is 13.1 Å². The number of nitrogens with two attached hydrogens (primary N) is 1. The maximum atomic E-state index is 12.2. The Morgan fingerprint density at radius 2 is 2.10 bits per heavy atom. The van der Waals surface area contributed by atoms with Gasteiger partial charge in [-0.25, -0.2) is 4.79 Å². The van der Waals surface area contributed by atoms with Crippen LogP contribution in [-0.4, -0.2) is 41.6 Å². The smallest absolute Gasteiger partial charge is 0.465 e. The molecule has 2 unspecified atom stereocenters. The maximum Gasteiger partial charge on any atom is 0.573 e. The second-order valence-electron chi connectivity index (χ2n) is 4.58. The van der Waals surface area contributed by atoms with Crippen LogP contribution in [0.25, 0.3) is 0 Å². The van der Waals surface area contributed by atoms with E-state index in [-0.39, 0.29) is 24.8 Å². The van der Waals surface area contributed by atoms with Crippen LogP contribution in [0, 0.1) is 0 Å². The van der Waals surface area contributed by atoms with Crippen molar-refractivity contribution in [3.63, 3.8) is 0 Å². The average molecular weight is 290 g/mol.